The molecule has 0 bridgehead atoms. The first-order chi connectivity index (χ1) is 30.0. The lowest BCUT2D eigenvalue weighted by atomic mass is 10.1. The maximum Gasteiger partial charge on any atom is 0.306 e. The molecule has 0 aromatic heterocycles. The van der Waals surface area contributed by atoms with Crippen molar-refractivity contribution in [2.75, 3.05) is 13.2 Å². The molecule has 0 aliphatic rings. The van der Waals surface area contributed by atoms with Gasteiger partial charge in [-0.3, -0.25) is 14.4 Å². The quantitative estimate of drug-likeness (QED) is 0.0263. The number of unbranched alkanes of at least 4 members (excludes halogenated alkanes) is 22. The van der Waals surface area contributed by atoms with Crippen LogP contribution in [0.1, 0.15) is 239 Å². The zero-order valence-corrected chi connectivity index (χ0v) is 39.9. The van der Waals surface area contributed by atoms with Crippen molar-refractivity contribution in [1.82, 2.24) is 0 Å². The van der Waals surface area contributed by atoms with Gasteiger partial charge in [-0.05, 0) is 109 Å². The lowest BCUT2D eigenvalue weighted by Crippen LogP contribution is -2.30. The Kier molecular flexibility index (Phi) is 46.9. The number of hydrogen-bond donors (Lipinski definition) is 0. The van der Waals surface area contributed by atoms with Crippen LogP contribution in [0.4, 0.5) is 0 Å². The Bertz CT molecular complexity index is 1160. The van der Waals surface area contributed by atoms with Crippen LogP contribution in [-0.4, -0.2) is 37.2 Å². The Morgan fingerprint density at radius 2 is 0.639 bits per heavy atom. The van der Waals surface area contributed by atoms with E-state index in [4.69, 9.17) is 14.2 Å². The number of esters is 3. The normalized spacial score (nSPS) is 12.6. The van der Waals surface area contributed by atoms with Crippen molar-refractivity contribution < 1.29 is 28.6 Å². The Balaban J connectivity index is 4.45. The summed E-state index contributed by atoms with van der Waals surface area (Å²) in [5.41, 5.74) is 0. The van der Waals surface area contributed by atoms with Gasteiger partial charge in [0.15, 0.2) is 6.10 Å². The van der Waals surface area contributed by atoms with Crippen LogP contribution in [-0.2, 0) is 28.6 Å². The van der Waals surface area contributed by atoms with Gasteiger partial charge >= 0.3 is 17.9 Å². The number of carbonyl (C=O) groups is 3. The average Bonchev–Trinajstić information content (AvgIpc) is 3.26. The maximum atomic E-state index is 12.8. The third-order valence-corrected chi connectivity index (χ3v) is 10.7. The molecule has 0 aliphatic carbocycles. The largest absolute Gasteiger partial charge is 0.462 e. The summed E-state index contributed by atoms with van der Waals surface area (Å²) in [4.78, 5) is 37.9. The highest BCUT2D eigenvalue weighted by atomic mass is 16.6. The summed E-state index contributed by atoms with van der Waals surface area (Å²) < 4.78 is 16.8. The van der Waals surface area contributed by atoms with Crippen molar-refractivity contribution in [2.45, 2.75) is 245 Å². The molecule has 0 aromatic carbocycles. The van der Waals surface area contributed by atoms with Crippen molar-refractivity contribution >= 4 is 17.9 Å². The van der Waals surface area contributed by atoms with Crippen molar-refractivity contribution in [3.05, 3.63) is 72.9 Å². The fourth-order valence-electron chi connectivity index (χ4n) is 6.83. The number of allylic oxidation sites excluding steroid dienone is 12. The molecule has 0 amide bonds. The maximum absolute atomic E-state index is 12.8. The Morgan fingerprint density at radius 3 is 1.05 bits per heavy atom. The highest BCUT2D eigenvalue weighted by molar-refractivity contribution is 5.71. The zero-order valence-electron chi connectivity index (χ0n) is 39.9. The average molecular weight is 851 g/mol. The van der Waals surface area contributed by atoms with Crippen LogP contribution in [0.15, 0.2) is 72.9 Å². The molecule has 0 N–H and O–H groups in total. The van der Waals surface area contributed by atoms with Gasteiger partial charge in [0, 0.05) is 19.3 Å². The van der Waals surface area contributed by atoms with Gasteiger partial charge in [0.2, 0.25) is 0 Å². The number of ether oxygens (including phenoxy) is 3. The molecule has 1 atom stereocenters. The zero-order chi connectivity index (χ0) is 44.4. The first-order valence-electron chi connectivity index (χ1n) is 25.4. The van der Waals surface area contributed by atoms with Crippen LogP contribution in [0.5, 0.6) is 0 Å². The molecule has 0 saturated heterocycles. The van der Waals surface area contributed by atoms with Crippen LogP contribution in [0, 0.1) is 0 Å². The summed E-state index contributed by atoms with van der Waals surface area (Å²) >= 11 is 0. The van der Waals surface area contributed by atoms with Gasteiger partial charge in [-0.15, -0.1) is 0 Å². The molecule has 0 heterocycles. The first kappa shape index (κ1) is 57.9. The van der Waals surface area contributed by atoms with Crippen LogP contribution >= 0.6 is 0 Å². The van der Waals surface area contributed by atoms with Gasteiger partial charge in [-0.25, -0.2) is 0 Å². The molecule has 0 aliphatic heterocycles. The summed E-state index contributed by atoms with van der Waals surface area (Å²) in [6, 6.07) is 0. The third-order valence-electron chi connectivity index (χ3n) is 10.7. The Labute approximate surface area is 376 Å². The summed E-state index contributed by atoms with van der Waals surface area (Å²) in [5.74, 6) is -0.931. The molecule has 61 heavy (non-hydrogen) atoms. The van der Waals surface area contributed by atoms with Crippen molar-refractivity contribution in [3.8, 4) is 0 Å². The molecule has 0 saturated carbocycles. The van der Waals surface area contributed by atoms with E-state index in [0.29, 0.717) is 19.3 Å². The smallest absolute Gasteiger partial charge is 0.306 e. The van der Waals surface area contributed by atoms with E-state index in [9.17, 15) is 14.4 Å². The van der Waals surface area contributed by atoms with Gasteiger partial charge in [0.05, 0.1) is 0 Å². The van der Waals surface area contributed by atoms with E-state index in [0.717, 1.165) is 128 Å². The summed E-state index contributed by atoms with van der Waals surface area (Å²) in [7, 11) is 0. The second-order valence-corrected chi connectivity index (χ2v) is 16.7. The molecule has 6 nitrogen and oxygen atoms in total. The van der Waals surface area contributed by atoms with Crippen LogP contribution < -0.4 is 0 Å². The monoisotopic (exact) mass is 851 g/mol. The molecule has 6 heteroatoms. The standard InChI is InChI=1S/C55H94O6/c1-4-7-10-13-16-19-22-25-27-30-33-36-39-42-45-48-54(57)60-51-52(50-59-53(56)47-44-41-38-35-32-29-24-21-18-15-12-9-6-3)61-55(58)49-46-43-40-37-34-31-28-26-23-20-17-14-11-8-5-2/h8,11,16-17,19-21,24-28,52H,4-7,9-10,12-15,18,22-23,29-51H2,1-3H3/b11-8-,19-16-,20-17-,24-21-,27-25-,28-26-/t52-/m0/s1. The molecule has 0 fully saturated rings. The molecule has 0 spiro atoms. The lowest BCUT2D eigenvalue weighted by molar-refractivity contribution is -0.167. The molecule has 0 aromatic rings. The van der Waals surface area contributed by atoms with E-state index in [1.54, 1.807) is 0 Å². The van der Waals surface area contributed by atoms with Crippen molar-refractivity contribution in [2.24, 2.45) is 0 Å². The Morgan fingerprint density at radius 1 is 0.344 bits per heavy atom. The first-order valence-corrected chi connectivity index (χ1v) is 25.4. The van der Waals surface area contributed by atoms with Crippen LogP contribution in [0.2, 0.25) is 0 Å². The van der Waals surface area contributed by atoms with Crippen molar-refractivity contribution in [1.29, 1.82) is 0 Å². The highest BCUT2D eigenvalue weighted by Gasteiger charge is 2.19. The fourth-order valence-corrected chi connectivity index (χ4v) is 6.83. The van der Waals surface area contributed by atoms with Gasteiger partial charge < -0.3 is 14.2 Å². The predicted octanol–water partition coefficient (Wildman–Crippen LogP) is 16.6. The summed E-state index contributed by atoms with van der Waals surface area (Å²) in [6.45, 7) is 6.45. The van der Waals surface area contributed by atoms with Gasteiger partial charge in [-0.2, -0.15) is 0 Å². The summed E-state index contributed by atoms with van der Waals surface area (Å²) in [5, 5.41) is 0. The lowest BCUT2D eigenvalue weighted by Gasteiger charge is -2.18. The molecule has 0 radical (unpaired) electrons. The van der Waals surface area contributed by atoms with E-state index in [1.807, 2.05) is 0 Å². The minimum atomic E-state index is -0.792. The second kappa shape index (κ2) is 49.5. The summed E-state index contributed by atoms with van der Waals surface area (Å²) in [6.07, 6.45) is 61.6. The van der Waals surface area contributed by atoms with Gasteiger partial charge in [0.25, 0.3) is 0 Å². The number of hydrogen-bond acceptors (Lipinski definition) is 6. The van der Waals surface area contributed by atoms with Gasteiger partial charge in [-0.1, -0.05) is 184 Å². The number of rotatable bonds is 45. The van der Waals surface area contributed by atoms with E-state index in [2.05, 4.69) is 93.7 Å². The Hall–Kier alpha value is -3.15. The molecular weight excluding hydrogens is 757 g/mol. The van der Waals surface area contributed by atoms with Gasteiger partial charge in [0.1, 0.15) is 13.2 Å². The van der Waals surface area contributed by atoms with E-state index >= 15 is 0 Å². The highest BCUT2D eigenvalue weighted by Crippen LogP contribution is 2.13. The van der Waals surface area contributed by atoms with E-state index < -0.39 is 6.10 Å². The fraction of sp³-hybridized carbons (Fsp3) is 0.727. The minimum Gasteiger partial charge on any atom is -0.462 e. The predicted molar refractivity (Wildman–Crippen MR) is 261 cm³/mol. The van der Waals surface area contributed by atoms with E-state index in [-0.39, 0.29) is 31.1 Å². The molecular formula is C55H94O6. The topological polar surface area (TPSA) is 78.9 Å². The van der Waals surface area contributed by atoms with Crippen LogP contribution in [0.3, 0.4) is 0 Å². The molecule has 0 rings (SSSR count). The minimum absolute atomic E-state index is 0.0917. The van der Waals surface area contributed by atoms with E-state index in [1.165, 1.54) is 70.6 Å². The second-order valence-electron chi connectivity index (χ2n) is 16.7. The third kappa shape index (κ3) is 47.7. The van der Waals surface area contributed by atoms with Crippen LogP contribution in [0.25, 0.3) is 0 Å². The van der Waals surface area contributed by atoms with Crippen molar-refractivity contribution in [3.63, 3.8) is 0 Å². The number of carbonyl (C=O) groups excluding carboxylic acids is 3. The molecule has 0 unspecified atom stereocenters. The SMILES string of the molecule is CC/C=C\C/C=C\C/C=C\CCCCCCCC(=O)O[C@H](COC(=O)CCCCCCC/C=C\C/C=C\CCCCC)COC(=O)CCCCCCC/C=C\CCCCCC. The molecule has 350 valence electrons.